The molecule has 1 amide bonds. The summed E-state index contributed by atoms with van der Waals surface area (Å²) in [6.45, 7) is 1.61. The van der Waals surface area contributed by atoms with Crippen molar-refractivity contribution >= 4 is 28.3 Å². The summed E-state index contributed by atoms with van der Waals surface area (Å²) in [7, 11) is 4.07. The number of nitrogens with two attached hydrogens (primary N) is 1. The maximum Gasteiger partial charge on any atom is 0.291 e. The van der Waals surface area contributed by atoms with E-state index in [9.17, 15) is 4.79 Å². The van der Waals surface area contributed by atoms with Crippen LogP contribution in [0.2, 0.25) is 0 Å². The molecular formula is C20H23N3O3. The smallest absolute Gasteiger partial charge is 0.291 e. The van der Waals surface area contributed by atoms with Crippen LogP contribution in [0, 0.1) is 0 Å². The van der Waals surface area contributed by atoms with Gasteiger partial charge in [-0.3, -0.25) is 4.79 Å². The molecular weight excluding hydrogens is 330 g/mol. The minimum Gasteiger partial charge on any atom is -0.494 e. The van der Waals surface area contributed by atoms with Crippen LogP contribution in [0.5, 0.6) is 5.75 Å². The van der Waals surface area contributed by atoms with Gasteiger partial charge < -0.3 is 25.1 Å². The first-order valence-corrected chi connectivity index (χ1v) is 8.50. The Morgan fingerprint density at radius 2 is 2.00 bits per heavy atom. The van der Waals surface area contributed by atoms with Crippen molar-refractivity contribution in [2.24, 2.45) is 0 Å². The molecule has 1 aromatic heterocycles. The monoisotopic (exact) mass is 353 g/mol. The Balaban J connectivity index is 1.68. The predicted octanol–water partition coefficient (Wildman–Crippen LogP) is 3.60. The summed E-state index contributed by atoms with van der Waals surface area (Å²) in [4.78, 5) is 14.5. The first-order chi connectivity index (χ1) is 12.5. The molecule has 0 aliphatic rings. The molecule has 0 radical (unpaired) electrons. The summed E-state index contributed by atoms with van der Waals surface area (Å²) in [5, 5.41) is 3.58. The van der Waals surface area contributed by atoms with Crippen molar-refractivity contribution in [2.75, 3.05) is 38.3 Å². The number of carbonyl (C=O) groups excluding carboxylic acids is 1. The zero-order chi connectivity index (χ0) is 18.5. The normalized spacial score (nSPS) is 11.0. The molecule has 3 N–H and O–H groups in total. The molecule has 3 aromatic rings. The molecule has 0 bridgehead atoms. The van der Waals surface area contributed by atoms with E-state index >= 15 is 0 Å². The standard InChI is InChI=1S/C20H23N3O3/c1-23(2)10-5-11-25-15-8-9-18-14(12-15)13-19(26-18)20(24)22-17-7-4-3-6-16(17)21/h3-4,6-9,12-13H,5,10-11,21H2,1-2H3,(H,22,24). The minimum atomic E-state index is -0.340. The molecule has 1 heterocycles. The van der Waals surface area contributed by atoms with Gasteiger partial charge in [-0.15, -0.1) is 0 Å². The number of furan rings is 1. The fourth-order valence-electron chi connectivity index (χ4n) is 2.59. The molecule has 6 nitrogen and oxygen atoms in total. The van der Waals surface area contributed by atoms with Gasteiger partial charge >= 0.3 is 0 Å². The van der Waals surface area contributed by atoms with Crippen LogP contribution in [0.3, 0.4) is 0 Å². The highest BCUT2D eigenvalue weighted by Gasteiger charge is 2.14. The van der Waals surface area contributed by atoms with E-state index in [0.717, 1.165) is 24.1 Å². The quantitative estimate of drug-likeness (QED) is 0.501. The number of hydrogen-bond donors (Lipinski definition) is 2. The number of carbonyl (C=O) groups is 1. The highest BCUT2D eigenvalue weighted by molar-refractivity contribution is 6.06. The zero-order valence-corrected chi connectivity index (χ0v) is 15.0. The largest absolute Gasteiger partial charge is 0.494 e. The third-order valence-electron chi connectivity index (χ3n) is 3.94. The molecule has 0 aliphatic heterocycles. The Labute approximate surface area is 152 Å². The molecule has 0 fully saturated rings. The van der Waals surface area contributed by atoms with Crippen LogP contribution in [0.4, 0.5) is 11.4 Å². The van der Waals surface area contributed by atoms with Crippen molar-refractivity contribution < 1.29 is 13.9 Å². The van der Waals surface area contributed by atoms with Crippen LogP contribution >= 0.6 is 0 Å². The second kappa shape index (κ2) is 7.93. The number of nitrogen functional groups attached to an aromatic ring is 1. The fourth-order valence-corrected chi connectivity index (χ4v) is 2.59. The van der Waals surface area contributed by atoms with Crippen LogP contribution in [0.1, 0.15) is 17.0 Å². The lowest BCUT2D eigenvalue weighted by Crippen LogP contribution is -2.15. The number of rotatable bonds is 7. The Hall–Kier alpha value is -2.99. The van der Waals surface area contributed by atoms with Gasteiger partial charge in [0.25, 0.3) is 5.91 Å². The molecule has 2 aromatic carbocycles. The number of ether oxygens (including phenoxy) is 1. The van der Waals surface area contributed by atoms with E-state index < -0.39 is 0 Å². The second-order valence-electron chi connectivity index (χ2n) is 6.36. The summed E-state index contributed by atoms with van der Waals surface area (Å²) in [5.74, 6) is 0.650. The molecule has 0 saturated carbocycles. The lowest BCUT2D eigenvalue weighted by atomic mass is 10.2. The average Bonchev–Trinajstić information content (AvgIpc) is 3.04. The Bertz CT molecular complexity index is 902. The second-order valence-corrected chi connectivity index (χ2v) is 6.36. The Morgan fingerprint density at radius 3 is 2.77 bits per heavy atom. The lowest BCUT2D eigenvalue weighted by Gasteiger charge is -2.10. The van der Waals surface area contributed by atoms with E-state index in [-0.39, 0.29) is 11.7 Å². The van der Waals surface area contributed by atoms with Gasteiger partial charge in [0.1, 0.15) is 11.3 Å². The summed E-state index contributed by atoms with van der Waals surface area (Å²) in [6, 6.07) is 14.3. The summed E-state index contributed by atoms with van der Waals surface area (Å²) < 4.78 is 11.4. The predicted molar refractivity (Wildman–Crippen MR) is 104 cm³/mol. The first-order valence-electron chi connectivity index (χ1n) is 8.50. The molecule has 0 saturated heterocycles. The number of hydrogen-bond acceptors (Lipinski definition) is 5. The maximum atomic E-state index is 12.4. The Kier molecular flexibility index (Phi) is 5.43. The lowest BCUT2D eigenvalue weighted by molar-refractivity contribution is 0.0999. The van der Waals surface area contributed by atoms with Gasteiger partial charge in [-0.25, -0.2) is 0 Å². The molecule has 3 rings (SSSR count). The minimum absolute atomic E-state index is 0.230. The van der Waals surface area contributed by atoms with E-state index in [1.54, 1.807) is 18.2 Å². The van der Waals surface area contributed by atoms with Gasteiger partial charge in [0.15, 0.2) is 5.76 Å². The molecule has 0 atom stereocenters. The molecule has 136 valence electrons. The van der Waals surface area contributed by atoms with Gasteiger partial charge in [-0.05, 0) is 56.9 Å². The number of nitrogens with zero attached hydrogens (tertiary/aromatic N) is 1. The van der Waals surface area contributed by atoms with Crippen LogP contribution in [0.25, 0.3) is 11.0 Å². The van der Waals surface area contributed by atoms with Gasteiger partial charge in [-0.1, -0.05) is 12.1 Å². The van der Waals surface area contributed by atoms with Crippen molar-refractivity contribution in [2.45, 2.75) is 6.42 Å². The number of para-hydroxylation sites is 2. The zero-order valence-electron chi connectivity index (χ0n) is 15.0. The summed E-state index contributed by atoms with van der Waals surface area (Å²) >= 11 is 0. The number of benzene rings is 2. The number of amides is 1. The number of fused-ring (bicyclic) bond motifs is 1. The molecule has 26 heavy (non-hydrogen) atoms. The van der Waals surface area contributed by atoms with Crippen molar-refractivity contribution in [1.82, 2.24) is 4.90 Å². The van der Waals surface area contributed by atoms with E-state index in [1.807, 2.05) is 44.4 Å². The van der Waals surface area contributed by atoms with Crippen LogP contribution in [0.15, 0.2) is 52.9 Å². The third-order valence-corrected chi connectivity index (χ3v) is 3.94. The van der Waals surface area contributed by atoms with E-state index in [4.69, 9.17) is 14.9 Å². The van der Waals surface area contributed by atoms with E-state index in [2.05, 4.69) is 10.2 Å². The topological polar surface area (TPSA) is 80.7 Å². The van der Waals surface area contributed by atoms with Crippen molar-refractivity contribution in [1.29, 1.82) is 0 Å². The highest BCUT2D eigenvalue weighted by atomic mass is 16.5. The van der Waals surface area contributed by atoms with E-state index in [1.165, 1.54) is 0 Å². The molecule has 0 aliphatic carbocycles. The van der Waals surface area contributed by atoms with Crippen molar-refractivity contribution in [3.05, 3.63) is 54.3 Å². The van der Waals surface area contributed by atoms with Crippen LogP contribution < -0.4 is 15.8 Å². The summed E-state index contributed by atoms with van der Waals surface area (Å²) in [5.41, 5.74) is 7.55. The highest BCUT2D eigenvalue weighted by Crippen LogP contribution is 2.26. The van der Waals surface area contributed by atoms with Crippen molar-refractivity contribution in [3.63, 3.8) is 0 Å². The summed E-state index contributed by atoms with van der Waals surface area (Å²) in [6.07, 6.45) is 0.947. The van der Waals surface area contributed by atoms with Crippen LogP contribution in [-0.2, 0) is 0 Å². The fraction of sp³-hybridized carbons (Fsp3) is 0.250. The third kappa shape index (κ3) is 4.34. The Morgan fingerprint density at radius 1 is 1.19 bits per heavy atom. The first kappa shape index (κ1) is 17.8. The average molecular weight is 353 g/mol. The van der Waals surface area contributed by atoms with Crippen LogP contribution in [-0.4, -0.2) is 38.1 Å². The van der Waals surface area contributed by atoms with Gasteiger partial charge in [0.05, 0.1) is 18.0 Å². The number of anilines is 2. The SMILES string of the molecule is CN(C)CCCOc1ccc2oc(C(=O)Nc3ccccc3N)cc2c1. The number of nitrogens with one attached hydrogen (secondary N) is 1. The molecule has 0 spiro atoms. The molecule has 0 unspecified atom stereocenters. The van der Waals surface area contributed by atoms with E-state index in [0.29, 0.717) is 23.6 Å². The molecule has 6 heteroatoms. The van der Waals surface area contributed by atoms with Gasteiger partial charge in [-0.2, -0.15) is 0 Å². The van der Waals surface area contributed by atoms with Gasteiger partial charge in [0.2, 0.25) is 0 Å². The van der Waals surface area contributed by atoms with Gasteiger partial charge in [0, 0.05) is 11.9 Å². The van der Waals surface area contributed by atoms with Crippen molar-refractivity contribution in [3.8, 4) is 5.75 Å². The maximum absolute atomic E-state index is 12.4.